The molecule has 0 N–H and O–H groups in total. The highest BCUT2D eigenvalue weighted by molar-refractivity contribution is 6.14. The molecule has 164 valence electrons. The highest BCUT2D eigenvalue weighted by atomic mass is 19.2. The van der Waals surface area contributed by atoms with Crippen LogP contribution < -0.4 is 14.2 Å². The van der Waals surface area contributed by atoms with Crippen molar-refractivity contribution in [3.05, 3.63) is 94.0 Å². The summed E-state index contributed by atoms with van der Waals surface area (Å²) in [5, 5.41) is 0. The molecule has 1 aliphatic heterocycles. The molecular weight excluding hydrogens is 435 g/mol. The van der Waals surface area contributed by atoms with Gasteiger partial charge in [0.2, 0.25) is 11.6 Å². The third-order valence-corrected chi connectivity index (χ3v) is 4.72. The van der Waals surface area contributed by atoms with Crippen molar-refractivity contribution in [2.24, 2.45) is 0 Å². The van der Waals surface area contributed by atoms with Gasteiger partial charge >= 0.3 is 0 Å². The Balaban J connectivity index is 1.55. The van der Waals surface area contributed by atoms with Crippen molar-refractivity contribution in [2.75, 3.05) is 7.11 Å². The van der Waals surface area contributed by atoms with Gasteiger partial charge in [0.25, 0.3) is 0 Å². The fourth-order valence-corrected chi connectivity index (χ4v) is 3.07. The SMILES string of the molecule is COc1cccc(/C=C2\Oc3cc(OCc4c(F)c(F)c(F)c(F)c4F)ccc3C2=O)c1. The maximum absolute atomic E-state index is 13.8. The maximum Gasteiger partial charge on any atom is 0.231 e. The molecule has 4 nitrogen and oxygen atoms in total. The second-order valence-corrected chi connectivity index (χ2v) is 6.71. The lowest BCUT2D eigenvalue weighted by Gasteiger charge is -2.10. The first-order chi connectivity index (χ1) is 15.3. The van der Waals surface area contributed by atoms with E-state index in [2.05, 4.69) is 0 Å². The molecule has 0 fully saturated rings. The van der Waals surface area contributed by atoms with Gasteiger partial charge in [0.1, 0.15) is 23.9 Å². The molecule has 1 heterocycles. The summed E-state index contributed by atoms with van der Waals surface area (Å²) in [6.45, 7) is -0.926. The predicted octanol–water partition coefficient (Wildman–Crippen LogP) is 5.59. The number of benzene rings is 3. The molecule has 3 aromatic carbocycles. The van der Waals surface area contributed by atoms with Crippen LogP contribution in [0.25, 0.3) is 6.08 Å². The first kappa shape index (κ1) is 21.4. The van der Waals surface area contributed by atoms with Crippen LogP contribution in [0.5, 0.6) is 17.2 Å². The lowest BCUT2D eigenvalue weighted by Crippen LogP contribution is -2.09. The molecule has 0 radical (unpaired) electrons. The fourth-order valence-electron chi connectivity index (χ4n) is 3.07. The van der Waals surface area contributed by atoms with Crippen molar-refractivity contribution in [3.8, 4) is 17.2 Å². The Kier molecular flexibility index (Phi) is 5.56. The summed E-state index contributed by atoms with van der Waals surface area (Å²) >= 11 is 0. The molecule has 4 rings (SSSR count). The lowest BCUT2D eigenvalue weighted by atomic mass is 10.1. The van der Waals surface area contributed by atoms with Crippen LogP contribution in [0.3, 0.4) is 0 Å². The zero-order chi connectivity index (χ0) is 23.0. The standard InChI is InChI=1S/C23H13F5O4/c1-30-12-4-2-3-11(7-12)8-17-23(29)14-6-5-13(9-16(14)32-17)31-10-15-18(24)20(26)22(28)21(27)19(15)25/h2-9H,10H2,1H3/b17-8-. The summed E-state index contributed by atoms with van der Waals surface area (Å²) < 4.78 is 83.3. The van der Waals surface area contributed by atoms with Crippen molar-refractivity contribution >= 4 is 11.9 Å². The molecule has 0 saturated heterocycles. The summed E-state index contributed by atoms with van der Waals surface area (Å²) in [7, 11) is 1.51. The van der Waals surface area contributed by atoms with Crippen LogP contribution in [0.4, 0.5) is 22.0 Å². The van der Waals surface area contributed by atoms with E-state index in [1.807, 2.05) is 0 Å². The smallest absolute Gasteiger partial charge is 0.231 e. The van der Waals surface area contributed by atoms with E-state index in [-0.39, 0.29) is 22.8 Å². The van der Waals surface area contributed by atoms with Crippen LogP contribution >= 0.6 is 0 Å². The first-order valence-corrected chi connectivity index (χ1v) is 9.15. The minimum absolute atomic E-state index is 0.00289. The molecule has 9 heteroatoms. The van der Waals surface area contributed by atoms with Gasteiger partial charge in [-0.05, 0) is 35.9 Å². The molecule has 0 spiro atoms. The van der Waals surface area contributed by atoms with Gasteiger partial charge in [-0.25, -0.2) is 22.0 Å². The number of hydrogen-bond acceptors (Lipinski definition) is 4. The van der Waals surface area contributed by atoms with Crippen LogP contribution in [0.2, 0.25) is 0 Å². The third-order valence-electron chi connectivity index (χ3n) is 4.72. The molecule has 0 amide bonds. The van der Waals surface area contributed by atoms with Crippen molar-refractivity contribution in [1.29, 1.82) is 0 Å². The molecule has 1 aliphatic rings. The molecule has 0 atom stereocenters. The molecule has 32 heavy (non-hydrogen) atoms. The average Bonchev–Trinajstić information content (AvgIpc) is 3.11. The Morgan fingerprint density at radius 3 is 2.25 bits per heavy atom. The molecule has 3 aromatic rings. The van der Waals surface area contributed by atoms with Crippen LogP contribution in [0.15, 0.2) is 48.2 Å². The number of ketones is 1. The summed E-state index contributed by atoms with van der Waals surface area (Å²) in [5.74, 6) is -9.96. The Labute approximate surface area is 178 Å². The minimum atomic E-state index is -2.25. The summed E-state index contributed by atoms with van der Waals surface area (Å²) in [6.07, 6.45) is 1.51. The van der Waals surface area contributed by atoms with Gasteiger partial charge in [0.05, 0.1) is 18.2 Å². The Morgan fingerprint density at radius 1 is 0.875 bits per heavy atom. The third kappa shape index (κ3) is 3.77. The van der Waals surface area contributed by atoms with Gasteiger partial charge in [-0.1, -0.05) is 12.1 Å². The number of rotatable bonds is 5. The van der Waals surface area contributed by atoms with Gasteiger partial charge in [-0.3, -0.25) is 4.79 Å². The second kappa shape index (κ2) is 8.33. The van der Waals surface area contributed by atoms with E-state index in [9.17, 15) is 26.7 Å². The zero-order valence-corrected chi connectivity index (χ0v) is 16.3. The number of hydrogen-bond donors (Lipinski definition) is 0. The number of allylic oxidation sites excluding steroid dienone is 1. The second-order valence-electron chi connectivity index (χ2n) is 6.71. The van der Waals surface area contributed by atoms with Crippen LogP contribution in [-0.4, -0.2) is 12.9 Å². The molecular formula is C23H13F5O4. The van der Waals surface area contributed by atoms with Crippen LogP contribution in [-0.2, 0) is 6.61 Å². The zero-order valence-electron chi connectivity index (χ0n) is 16.3. The van der Waals surface area contributed by atoms with Crippen LogP contribution in [0.1, 0.15) is 21.5 Å². The topological polar surface area (TPSA) is 44.8 Å². The largest absolute Gasteiger partial charge is 0.497 e. The van der Waals surface area contributed by atoms with Crippen molar-refractivity contribution in [3.63, 3.8) is 0 Å². The van der Waals surface area contributed by atoms with Gasteiger partial charge < -0.3 is 14.2 Å². The Morgan fingerprint density at radius 2 is 1.56 bits per heavy atom. The number of carbonyl (C=O) groups is 1. The quantitative estimate of drug-likeness (QED) is 0.221. The Bertz CT molecular complexity index is 1240. The summed E-state index contributed by atoms with van der Waals surface area (Å²) in [5.41, 5.74) is -0.233. The van der Waals surface area contributed by atoms with E-state index in [0.717, 1.165) is 0 Å². The number of fused-ring (bicyclic) bond motifs is 1. The Hall–Kier alpha value is -3.88. The number of halogens is 5. The van der Waals surface area contributed by atoms with Gasteiger partial charge in [-0.2, -0.15) is 0 Å². The molecule has 0 aromatic heterocycles. The highest BCUT2D eigenvalue weighted by Crippen LogP contribution is 2.35. The number of carbonyl (C=O) groups excluding carboxylic acids is 1. The van der Waals surface area contributed by atoms with Crippen molar-refractivity contribution in [2.45, 2.75) is 6.61 Å². The minimum Gasteiger partial charge on any atom is -0.497 e. The summed E-state index contributed by atoms with van der Waals surface area (Å²) in [6, 6.07) is 10.9. The number of methoxy groups -OCH3 is 1. The normalized spacial score (nSPS) is 13.8. The summed E-state index contributed by atoms with van der Waals surface area (Å²) in [4.78, 5) is 12.6. The van der Waals surface area contributed by atoms with Gasteiger partial charge in [-0.15, -0.1) is 0 Å². The maximum atomic E-state index is 13.8. The molecule has 0 unspecified atom stereocenters. The highest BCUT2D eigenvalue weighted by Gasteiger charge is 2.29. The predicted molar refractivity (Wildman–Crippen MR) is 103 cm³/mol. The van der Waals surface area contributed by atoms with E-state index in [1.165, 1.54) is 31.4 Å². The van der Waals surface area contributed by atoms with Crippen molar-refractivity contribution in [1.82, 2.24) is 0 Å². The van der Waals surface area contributed by atoms with E-state index >= 15 is 0 Å². The van der Waals surface area contributed by atoms with E-state index < -0.39 is 47.0 Å². The first-order valence-electron chi connectivity index (χ1n) is 9.15. The van der Waals surface area contributed by atoms with Gasteiger partial charge in [0, 0.05) is 6.07 Å². The lowest BCUT2D eigenvalue weighted by molar-refractivity contribution is 0.101. The van der Waals surface area contributed by atoms with E-state index in [0.29, 0.717) is 11.3 Å². The molecule has 0 saturated carbocycles. The van der Waals surface area contributed by atoms with Crippen LogP contribution in [0, 0.1) is 29.1 Å². The monoisotopic (exact) mass is 448 g/mol. The number of ether oxygens (including phenoxy) is 3. The van der Waals surface area contributed by atoms with E-state index in [1.54, 1.807) is 24.3 Å². The molecule has 0 aliphatic carbocycles. The van der Waals surface area contributed by atoms with Gasteiger partial charge in [0.15, 0.2) is 29.0 Å². The average molecular weight is 448 g/mol. The fraction of sp³-hybridized carbons (Fsp3) is 0.0870. The number of Topliss-reactive ketones (excluding diaryl/α,β-unsaturated/α-hetero) is 1. The molecule has 0 bridgehead atoms. The van der Waals surface area contributed by atoms with E-state index in [4.69, 9.17) is 14.2 Å². The van der Waals surface area contributed by atoms with Crippen molar-refractivity contribution < 1.29 is 41.0 Å².